The molecule has 7 heteroatoms. The van der Waals surface area contributed by atoms with Crippen molar-refractivity contribution >= 4 is 11.9 Å². The highest BCUT2D eigenvalue weighted by Gasteiger charge is 2.17. The Balaban J connectivity index is 1.96. The number of nitrogens with one attached hydrogen (secondary N) is 2. The third-order valence-corrected chi connectivity index (χ3v) is 4.98. The molecule has 2 N–H and O–H groups in total. The number of carbonyl (C=O) groups excluding carboxylic acids is 1. The number of rotatable bonds is 8. The summed E-state index contributed by atoms with van der Waals surface area (Å²) in [4.78, 5) is 17.8. The molecule has 26 heavy (non-hydrogen) atoms. The summed E-state index contributed by atoms with van der Waals surface area (Å²) < 4.78 is 5.46. The molecule has 1 amide bonds. The van der Waals surface area contributed by atoms with Gasteiger partial charge in [0, 0.05) is 32.1 Å². The average Bonchev–Trinajstić information content (AvgIpc) is 3.30. The molecule has 0 saturated heterocycles. The van der Waals surface area contributed by atoms with Crippen molar-refractivity contribution in [2.75, 3.05) is 20.6 Å². The number of aliphatic imine (C=N–C) groups is 1. The zero-order valence-electron chi connectivity index (χ0n) is 16.5. The average molecular weight is 364 g/mol. The van der Waals surface area contributed by atoms with Crippen LogP contribution in [0.3, 0.4) is 0 Å². The molecular weight excluding hydrogens is 330 g/mol. The third kappa shape index (κ3) is 6.04. The highest BCUT2D eigenvalue weighted by atomic mass is 16.5. The van der Waals surface area contributed by atoms with Gasteiger partial charge in [-0.1, -0.05) is 31.8 Å². The molecule has 2 rings (SSSR count). The fourth-order valence-corrected chi connectivity index (χ4v) is 3.19. The summed E-state index contributed by atoms with van der Waals surface area (Å²) in [6, 6.07) is 2.44. The van der Waals surface area contributed by atoms with Crippen LogP contribution in [-0.2, 0) is 11.3 Å². The van der Waals surface area contributed by atoms with Crippen LogP contribution < -0.4 is 10.6 Å². The Hall–Kier alpha value is -2.05. The van der Waals surface area contributed by atoms with Gasteiger partial charge in [0.25, 0.3) is 0 Å². The van der Waals surface area contributed by atoms with E-state index in [-0.39, 0.29) is 12.5 Å². The van der Waals surface area contributed by atoms with E-state index in [4.69, 9.17) is 4.52 Å². The highest BCUT2D eigenvalue weighted by Crippen LogP contribution is 2.22. The van der Waals surface area contributed by atoms with Gasteiger partial charge >= 0.3 is 0 Å². The Morgan fingerprint density at radius 1 is 1.35 bits per heavy atom. The summed E-state index contributed by atoms with van der Waals surface area (Å²) in [6.07, 6.45) is 6.87. The van der Waals surface area contributed by atoms with Gasteiger partial charge in [-0.15, -0.1) is 0 Å². The van der Waals surface area contributed by atoms with Crippen molar-refractivity contribution in [3.63, 3.8) is 0 Å². The van der Waals surface area contributed by atoms with Gasteiger partial charge in [0.1, 0.15) is 6.54 Å². The van der Waals surface area contributed by atoms with E-state index < -0.39 is 0 Å². The standard InChI is InChI=1S/C19H33N5O2/c1-5-14(6-2)17-11-16(26-23-17)12-20-19(21-13-18(25)24(3)4)22-15-9-7-8-10-15/h11,14-15H,5-10,12-13H2,1-4H3,(H2,20,21,22). The molecule has 1 fully saturated rings. The number of guanidine groups is 1. The molecule has 0 spiro atoms. The van der Waals surface area contributed by atoms with Gasteiger partial charge in [0.2, 0.25) is 5.91 Å². The van der Waals surface area contributed by atoms with Gasteiger partial charge < -0.3 is 20.1 Å². The smallest absolute Gasteiger partial charge is 0.243 e. The van der Waals surface area contributed by atoms with Crippen LogP contribution in [0.15, 0.2) is 15.6 Å². The fraction of sp³-hybridized carbons (Fsp3) is 0.737. The first-order valence-electron chi connectivity index (χ1n) is 9.73. The summed E-state index contributed by atoms with van der Waals surface area (Å²) in [5.41, 5.74) is 1.01. The van der Waals surface area contributed by atoms with E-state index in [9.17, 15) is 4.79 Å². The summed E-state index contributed by atoms with van der Waals surface area (Å²) in [7, 11) is 3.48. The predicted octanol–water partition coefficient (Wildman–Crippen LogP) is 2.64. The van der Waals surface area contributed by atoms with E-state index >= 15 is 0 Å². The van der Waals surface area contributed by atoms with E-state index in [1.165, 1.54) is 12.8 Å². The zero-order chi connectivity index (χ0) is 18.9. The Morgan fingerprint density at radius 2 is 2.04 bits per heavy atom. The Bertz CT molecular complexity index is 587. The maximum Gasteiger partial charge on any atom is 0.243 e. The Kier molecular flexibility index (Phi) is 7.94. The molecule has 1 saturated carbocycles. The lowest BCUT2D eigenvalue weighted by atomic mass is 9.99. The van der Waals surface area contributed by atoms with Crippen LogP contribution in [0.5, 0.6) is 0 Å². The van der Waals surface area contributed by atoms with Crippen LogP contribution in [0, 0.1) is 0 Å². The van der Waals surface area contributed by atoms with Crippen molar-refractivity contribution in [1.82, 2.24) is 20.7 Å². The zero-order valence-corrected chi connectivity index (χ0v) is 16.5. The van der Waals surface area contributed by atoms with Crippen LogP contribution in [-0.4, -0.2) is 48.6 Å². The normalized spacial score (nSPS) is 15.5. The first-order chi connectivity index (χ1) is 12.5. The lowest BCUT2D eigenvalue weighted by Gasteiger charge is -2.17. The van der Waals surface area contributed by atoms with Crippen molar-refractivity contribution in [2.24, 2.45) is 4.99 Å². The second-order valence-corrected chi connectivity index (χ2v) is 7.16. The predicted molar refractivity (Wildman–Crippen MR) is 103 cm³/mol. The molecule has 0 atom stereocenters. The Morgan fingerprint density at radius 3 is 2.65 bits per heavy atom. The van der Waals surface area contributed by atoms with E-state index in [0.29, 0.717) is 24.5 Å². The summed E-state index contributed by atoms with van der Waals surface area (Å²) >= 11 is 0. The number of hydrogen-bond acceptors (Lipinski definition) is 4. The number of carbonyl (C=O) groups is 1. The number of amides is 1. The lowest BCUT2D eigenvalue weighted by Crippen LogP contribution is -2.42. The van der Waals surface area contributed by atoms with Crippen LogP contribution in [0.25, 0.3) is 0 Å². The van der Waals surface area contributed by atoms with Gasteiger partial charge in [-0.2, -0.15) is 0 Å². The van der Waals surface area contributed by atoms with E-state index in [0.717, 1.165) is 37.1 Å². The molecule has 1 heterocycles. The third-order valence-electron chi connectivity index (χ3n) is 4.98. The summed E-state index contributed by atoms with van der Waals surface area (Å²) in [5.74, 6) is 1.86. The Labute approximate surface area is 156 Å². The maximum atomic E-state index is 11.8. The summed E-state index contributed by atoms with van der Waals surface area (Å²) in [5, 5.41) is 10.9. The van der Waals surface area contributed by atoms with Crippen molar-refractivity contribution in [1.29, 1.82) is 0 Å². The molecule has 1 aliphatic carbocycles. The maximum absolute atomic E-state index is 11.8. The minimum Gasteiger partial charge on any atom is -0.359 e. The number of hydrogen-bond donors (Lipinski definition) is 2. The van der Waals surface area contributed by atoms with Crippen LogP contribution >= 0.6 is 0 Å². The second-order valence-electron chi connectivity index (χ2n) is 7.16. The number of nitrogens with zero attached hydrogens (tertiary/aromatic N) is 3. The molecule has 0 aromatic carbocycles. The van der Waals surface area contributed by atoms with Crippen LogP contribution in [0.2, 0.25) is 0 Å². The van der Waals surface area contributed by atoms with E-state index in [1.807, 2.05) is 6.07 Å². The van der Waals surface area contributed by atoms with Crippen molar-refractivity contribution in [3.8, 4) is 0 Å². The van der Waals surface area contributed by atoms with Gasteiger partial charge in [-0.3, -0.25) is 4.79 Å². The van der Waals surface area contributed by atoms with Gasteiger partial charge in [0.05, 0.1) is 12.2 Å². The van der Waals surface area contributed by atoms with Gasteiger partial charge in [-0.05, 0) is 25.7 Å². The number of likely N-dealkylation sites (N-methyl/N-ethyl adjacent to an activating group) is 1. The van der Waals surface area contributed by atoms with Crippen LogP contribution in [0.4, 0.5) is 0 Å². The first-order valence-corrected chi connectivity index (χ1v) is 9.73. The lowest BCUT2D eigenvalue weighted by molar-refractivity contribution is -0.127. The van der Waals surface area contributed by atoms with Crippen molar-refractivity contribution in [2.45, 2.75) is 70.9 Å². The molecule has 1 aromatic heterocycles. The topological polar surface area (TPSA) is 82.8 Å². The quantitative estimate of drug-likeness (QED) is 0.548. The van der Waals surface area contributed by atoms with Gasteiger partial charge in [0.15, 0.2) is 11.7 Å². The first kappa shape index (κ1) is 20.3. The second kappa shape index (κ2) is 10.2. The molecule has 0 radical (unpaired) electrons. The minimum absolute atomic E-state index is 0.0202. The molecule has 0 bridgehead atoms. The van der Waals surface area contributed by atoms with E-state index in [1.54, 1.807) is 19.0 Å². The monoisotopic (exact) mass is 363 g/mol. The molecule has 1 aromatic rings. The van der Waals surface area contributed by atoms with E-state index in [2.05, 4.69) is 34.6 Å². The SMILES string of the molecule is CCC(CC)c1cc(CNC(=NCC(=O)N(C)C)NC2CCCC2)on1. The number of aromatic nitrogens is 1. The highest BCUT2D eigenvalue weighted by molar-refractivity contribution is 5.84. The fourth-order valence-electron chi connectivity index (χ4n) is 3.19. The molecule has 7 nitrogen and oxygen atoms in total. The summed E-state index contributed by atoms with van der Waals surface area (Å²) in [6.45, 7) is 4.96. The largest absolute Gasteiger partial charge is 0.359 e. The molecule has 146 valence electrons. The molecule has 0 unspecified atom stereocenters. The van der Waals surface area contributed by atoms with Crippen molar-refractivity contribution in [3.05, 3.63) is 17.5 Å². The molecular formula is C19H33N5O2. The van der Waals surface area contributed by atoms with Crippen LogP contribution in [0.1, 0.15) is 69.7 Å². The minimum atomic E-state index is -0.0202. The van der Waals surface area contributed by atoms with Gasteiger partial charge in [-0.25, -0.2) is 4.99 Å². The molecule has 0 aliphatic heterocycles. The van der Waals surface area contributed by atoms with Crippen molar-refractivity contribution < 1.29 is 9.32 Å². The molecule has 1 aliphatic rings.